The van der Waals surface area contributed by atoms with E-state index in [1.807, 2.05) is 60.7 Å². The predicted molar refractivity (Wildman–Crippen MR) is 130 cm³/mol. The Bertz CT molecular complexity index is 1140. The Morgan fingerprint density at radius 1 is 1.03 bits per heavy atom. The first-order valence-corrected chi connectivity index (χ1v) is 11.2. The van der Waals surface area contributed by atoms with Crippen LogP contribution in [0.5, 0.6) is 5.75 Å². The van der Waals surface area contributed by atoms with Gasteiger partial charge in [-0.3, -0.25) is 0 Å². The minimum absolute atomic E-state index is 0.249. The number of hydrogen-bond acceptors (Lipinski definition) is 4. The maximum Gasteiger partial charge on any atom is 0.363 e. The van der Waals surface area contributed by atoms with E-state index < -0.39 is 5.97 Å². The minimum atomic E-state index is -0.473. The van der Waals surface area contributed by atoms with Crippen LogP contribution in [0.1, 0.15) is 16.7 Å². The van der Waals surface area contributed by atoms with Crippen LogP contribution in [0.2, 0.25) is 0 Å². The highest BCUT2D eigenvalue weighted by Gasteiger charge is 2.25. The van der Waals surface area contributed by atoms with Gasteiger partial charge in [0, 0.05) is 25.6 Å². The van der Waals surface area contributed by atoms with Crippen LogP contribution in [0, 0.1) is 3.57 Å². The maximum atomic E-state index is 12.4. The van der Waals surface area contributed by atoms with E-state index in [0.717, 1.165) is 25.6 Å². The monoisotopic (exact) mass is 573 g/mol. The van der Waals surface area contributed by atoms with Crippen LogP contribution in [-0.4, -0.2) is 18.5 Å². The molecule has 3 aromatic carbocycles. The summed E-state index contributed by atoms with van der Waals surface area (Å²) in [4.78, 5) is 16.8. The van der Waals surface area contributed by atoms with Crippen molar-refractivity contribution in [2.75, 3.05) is 6.61 Å². The number of rotatable bonds is 6. The molecular formula is C24H17BrINO3. The van der Waals surface area contributed by atoms with Crippen LogP contribution in [0.3, 0.4) is 0 Å². The van der Waals surface area contributed by atoms with Crippen LogP contribution in [-0.2, 0) is 16.0 Å². The number of halogens is 2. The third-order valence-electron chi connectivity index (χ3n) is 4.49. The fraction of sp³-hybridized carbons (Fsp3) is 0.0833. The molecule has 1 aliphatic rings. The summed E-state index contributed by atoms with van der Waals surface area (Å²) < 4.78 is 13.4. The van der Waals surface area contributed by atoms with Gasteiger partial charge in [0.25, 0.3) is 0 Å². The summed E-state index contributed by atoms with van der Waals surface area (Å²) in [7, 11) is 0. The van der Waals surface area contributed by atoms with Gasteiger partial charge in [0.15, 0.2) is 5.70 Å². The molecule has 0 unspecified atom stereocenters. The Kier molecular flexibility index (Phi) is 6.64. The zero-order chi connectivity index (χ0) is 20.9. The molecule has 0 atom stereocenters. The molecule has 0 bridgehead atoms. The number of aliphatic imine (C=N–C) groups is 1. The number of esters is 1. The van der Waals surface area contributed by atoms with Crippen LogP contribution >= 0.6 is 38.5 Å². The molecule has 0 saturated heterocycles. The maximum absolute atomic E-state index is 12.4. The van der Waals surface area contributed by atoms with Crippen LogP contribution in [0.15, 0.2) is 88.0 Å². The second-order valence-electron chi connectivity index (χ2n) is 6.59. The lowest BCUT2D eigenvalue weighted by Gasteiger charge is -2.09. The third-order valence-corrected chi connectivity index (χ3v) is 6.83. The van der Waals surface area contributed by atoms with Crippen molar-refractivity contribution >= 4 is 56.5 Å². The van der Waals surface area contributed by atoms with Crippen molar-refractivity contribution in [3.63, 3.8) is 0 Å². The van der Waals surface area contributed by atoms with Crippen molar-refractivity contribution in [2.24, 2.45) is 4.99 Å². The number of carbonyl (C=O) groups excluding carboxylic acids is 1. The molecule has 4 nitrogen and oxygen atoms in total. The summed E-state index contributed by atoms with van der Waals surface area (Å²) in [5.74, 6) is 0.527. The van der Waals surface area contributed by atoms with E-state index in [-0.39, 0.29) is 5.70 Å². The third kappa shape index (κ3) is 4.99. The van der Waals surface area contributed by atoms with Gasteiger partial charge in [-0.05, 0) is 74.4 Å². The molecule has 0 N–H and O–H groups in total. The number of nitrogens with zero attached hydrogens (tertiary/aromatic N) is 1. The normalized spacial score (nSPS) is 14.5. The number of carbonyl (C=O) groups is 1. The van der Waals surface area contributed by atoms with Gasteiger partial charge in [0.1, 0.15) is 5.75 Å². The second kappa shape index (κ2) is 9.57. The van der Waals surface area contributed by atoms with Crippen LogP contribution in [0.25, 0.3) is 6.08 Å². The standard InChI is InChI=1S/C24H17BrINO3/c25-19-14-18(10-11-20(19)26)23-27-21(24(28)30-23)15-17-8-4-5-9-22(17)29-13-12-16-6-2-1-3-7-16/h1-11,14-15H,12-13H2/b21-15-. The van der Waals surface area contributed by atoms with Crippen molar-refractivity contribution in [1.82, 2.24) is 0 Å². The van der Waals surface area contributed by atoms with Gasteiger partial charge >= 0.3 is 5.97 Å². The molecule has 0 aromatic heterocycles. The smallest absolute Gasteiger partial charge is 0.363 e. The van der Waals surface area contributed by atoms with E-state index in [1.165, 1.54) is 5.56 Å². The summed E-state index contributed by atoms with van der Waals surface area (Å²) in [5.41, 5.74) is 2.99. The molecule has 0 spiro atoms. The summed E-state index contributed by atoms with van der Waals surface area (Å²) in [6.45, 7) is 0.542. The Labute approximate surface area is 196 Å². The fourth-order valence-electron chi connectivity index (χ4n) is 2.96. The molecule has 0 saturated carbocycles. The quantitative estimate of drug-likeness (QED) is 0.206. The predicted octanol–water partition coefficient (Wildman–Crippen LogP) is 6.02. The first kappa shape index (κ1) is 20.8. The number of para-hydroxylation sites is 1. The zero-order valence-corrected chi connectivity index (χ0v) is 19.6. The van der Waals surface area contributed by atoms with Gasteiger partial charge in [0.05, 0.1) is 6.61 Å². The van der Waals surface area contributed by atoms with Gasteiger partial charge in [-0.2, -0.15) is 0 Å². The average Bonchev–Trinajstić information content (AvgIpc) is 3.12. The summed E-state index contributed by atoms with van der Waals surface area (Å²) >= 11 is 5.72. The van der Waals surface area contributed by atoms with Gasteiger partial charge in [-0.1, -0.05) is 48.5 Å². The summed E-state index contributed by atoms with van der Waals surface area (Å²) in [5, 5.41) is 0. The highest BCUT2D eigenvalue weighted by atomic mass is 127. The van der Waals surface area contributed by atoms with Gasteiger partial charge in [0.2, 0.25) is 5.90 Å². The van der Waals surface area contributed by atoms with E-state index in [1.54, 1.807) is 6.08 Å². The molecule has 4 rings (SSSR count). The SMILES string of the molecule is O=C1OC(c2ccc(I)c(Br)c2)=N/C1=C\c1ccccc1OCCc1ccccc1. The fourth-order valence-corrected chi connectivity index (χ4v) is 3.68. The number of cyclic esters (lactones) is 1. The molecule has 30 heavy (non-hydrogen) atoms. The Morgan fingerprint density at radius 3 is 2.60 bits per heavy atom. The van der Waals surface area contributed by atoms with Gasteiger partial charge in [-0.25, -0.2) is 9.79 Å². The Hall–Kier alpha value is -2.45. The van der Waals surface area contributed by atoms with E-state index in [4.69, 9.17) is 9.47 Å². The molecule has 150 valence electrons. The lowest BCUT2D eigenvalue weighted by atomic mass is 10.1. The van der Waals surface area contributed by atoms with Crippen molar-refractivity contribution in [3.8, 4) is 5.75 Å². The molecule has 0 fully saturated rings. The van der Waals surface area contributed by atoms with E-state index in [9.17, 15) is 4.79 Å². The van der Waals surface area contributed by atoms with Gasteiger partial charge < -0.3 is 9.47 Å². The molecule has 0 aliphatic carbocycles. The minimum Gasteiger partial charge on any atom is -0.493 e. The van der Waals surface area contributed by atoms with Crippen molar-refractivity contribution in [1.29, 1.82) is 0 Å². The Morgan fingerprint density at radius 2 is 1.80 bits per heavy atom. The van der Waals surface area contributed by atoms with Crippen molar-refractivity contribution in [2.45, 2.75) is 6.42 Å². The molecule has 6 heteroatoms. The lowest BCUT2D eigenvalue weighted by Crippen LogP contribution is -2.05. The largest absolute Gasteiger partial charge is 0.493 e. The topological polar surface area (TPSA) is 47.9 Å². The van der Waals surface area contributed by atoms with E-state index >= 15 is 0 Å². The van der Waals surface area contributed by atoms with Crippen LogP contribution < -0.4 is 4.74 Å². The molecule has 3 aromatic rings. The Balaban J connectivity index is 1.53. The first-order valence-electron chi connectivity index (χ1n) is 9.34. The molecular weight excluding hydrogens is 557 g/mol. The molecule has 1 heterocycles. The van der Waals surface area contributed by atoms with Crippen LogP contribution in [0.4, 0.5) is 0 Å². The molecule has 0 radical (unpaired) electrons. The average molecular weight is 574 g/mol. The van der Waals surface area contributed by atoms with E-state index in [2.05, 4.69) is 55.6 Å². The van der Waals surface area contributed by atoms with Crippen molar-refractivity contribution in [3.05, 3.63) is 103 Å². The van der Waals surface area contributed by atoms with Crippen molar-refractivity contribution < 1.29 is 14.3 Å². The number of ether oxygens (including phenoxy) is 2. The first-order chi connectivity index (χ1) is 14.6. The molecule has 1 aliphatic heterocycles. The van der Waals surface area contributed by atoms with E-state index in [0.29, 0.717) is 18.3 Å². The number of hydrogen-bond donors (Lipinski definition) is 0. The van der Waals surface area contributed by atoms with Gasteiger partial charge in [-0.15, -0.1) is 0 Å². The second-order valence-corrected chi connectivity index (χ2v) is 8.60. The zero-order valence-electron chi connectivity index (χ0n) is 15.8. The highest BCUT2D eigenvalue weighted by Crippen LogP contribution is 2.26. The summed E-state index contributed by atoms with van der Waals surface area (Å²) in [6, 6.07) is 23.5. The molecule has 0 amide bonds. The summed E-state index contributed by atoms with van der Waals surface area (Å²) in [6.07, 6.45) is 2.51. The lowest BCUT2D eigenvalue weighted by molar-refractivity contribution is -0.129. The number of benzene rings is 3. The highest BCUT2D eigenvalue weighted by molar-refractivity contribution is 14.1.